The van der Waals surface area contributed by atoms with Gasteiger partial charge in [-0.1, -0.05) is 112 Å². The van der Waals surface area contributed by atoms with E-state index >= 15 is 0 Å². The molecule has 4 saturated carbocycles. The van der Waals surface area contributed by atoms with Crippen molar-refractivity contribution in [3.05, 3.63) is 138 Å². The molecule has 0 saturated heterocycles. The van der Waals surface area contributed by atoms with Gasteiger partial charge in [0.05, 0.1) is 5.69 Å². The standard InChI is InChI=1S/C48H47NS/c1-45(2)22-23-46(3,4)38-28-35(19-20-36(38)45)49(34-14-9-6-10-15-34)40-17-11-16-37-44(40)50-41-21-18-32(31-12-7-5-8-13-31)26-39(41)48(37)42-25-30-24-33-27-43(48)47(33,42)29-30/h5-21,26,28,30,33,42-43H,22-25,27,29H2,1-4H3. The number of hydrogen-bond donors (Lipinski definition) is 0. The van der Waals surface area contributed by atoms with E-state index in [0.717, 1.165) is 23.7 Å². The van der Waals surface area contributed by atoms with Gasteiger partial charge in [-0.05, 0) is 154 Å². The van der Waals surface area contributed by atoms with Crippen LogP contribution in [0.5, 0.6) is 0 Å². The van der Waals surface area contributed by atoms with Crippen LogP contribution in [0.3, 0.4) is 0 Å². The van der Waals surface area contributed by atoms with Crippen molar-refractivity contribution in [3.8, 4) is 11.1 Å². The third kappa shape index (κ3) is 3.67. The molecule has 2 spiro atoms. The van der Waals surface area contributed by atoms with Crippen molar-refractivity contribution < 1.29 is 0 Å². The van der Waals surface area contributed by atoms with E-state index in [1.165, 1.54) is 87.6 Å². The van der Waals surface area contributed by atoms with Crippen LogP contribution >= 0.6 is 11.8 Å². The van der Waals surface area contributed by atoms with E-state index in [-0.39, 0.29) is 16.2 Å². The SMILES string of the molecule is CC1(C)CCC(C)(C)c2cc(N(c3ccccc3)c3cccc4c3Sc3ccc(-c5ccccc5)cc3C43C4CC5CC6CC3C64C5)ccc21. The molecule has 2 heteroatoms. The lowest BCUT2D eigenvalue weighted by molar-refractivity contribution is -0.235. The highest BCUT2D eigenvalue weighted by molar-refractivity contribution is 7.99. The summed E-state index contributed by atoms with van der Waals surface area (Å²) in [6, 6.07) is 44.6. The van der Waals surface area contributed by atoms with Crippen LogP contribution in [0.4, 0.5) is 17.1 Å². The highest BCUT2D eigenvalue weighted by Crippen LogP contribution is 2.89. The molecule has 6 atom stereocenters. The van der Waals surface area contributed by atoms with Crippen LogP contribution in [-0.2, 0) is 16.2 Å². The van der Waals surface area contributed by atoms with Crippen LogP contribution in [0.25, 0.3) is 11.1 Å². The van der Waals surface area contributed by atoms with Gasteiger partial charge in [0.15, 0.2) is 0 Å². The maximum Gasteiger partial charge on any atom is 0.0604 e. The van der Waals surface area contributed by atoms with Crippen LogP contribution in [0, 0.1) is 29.1 Å². The molecular weight excluding hydrogens is 623 g/mol. The van der Waals surface area contributed by atoms with Gasteiger partial charge < -0.3 is 4.90 Å². The smallest absolute Gasteiger partial charge is 0.0604 e. The number of nitrogens with zero attached hydrogens (tertiary/aromatic N) is 1. The molecule has 1 heterocycles. The average Bonchev–Trinajstić information content (AvgIpc) is 3.66. The summed E-state index contributed by atoms with van der Waals surface area (Å²) >= 11 is 2.04. The molecule has 5 aromatic rings. The number of benzene rings is 5. The Kier molecular flexibility index (Phi) is 5.97. The third-order valence-corrected chi connectivity index (χ3v) is 16.2. The molecular formula is C48H47NS. The second-order valence-electron chi connectivity index (χ2n) is 18.1. The quantitative estimate of drug-likeness (QED) is 0.187. The van der Waals surface area contributed by atoms with E-state index in [1.807, 2.05) is 11.8 Å². The number of fused-ring (bicyclic) bond motifs is 8. The summed E-state index contributed by atoms with van der Waals surface area (Å²) in [6.45, 7) is 9.78. The topological polar surface area (TPSA) is 3.24 Å². The molecule has 0 N–H and O–H groups in total. The summed E-state index contributed by atoms with van der Waals surface area (Å²) in [7, 11) is 0. The maximum absolute atomic E-state index is 2.63. The van der Waals surface area contributed by atoms with E-state index in [1.54, 1.807) is 11.1 Å². The highest BCUT2D eigenvalue weighted by atomic mass is 32.2. The second-order valence-corrected chi connectivity index (χ2v) is 19.1. The molecule has 50 heavy (non-hydrogen) atoms. The van der Waals surface area contributed by atoms with Crippen molar-refractivity contribution in [2.75, 3.05) is 4.90 Å². The van der Waals surface area contributed by atoms with Gasteiger partial charge in [-0.15, -0.1) is 0 Å². The van der Waals surface area contributed by atoms with Crippen molar-refractivity contribution in [1.29, 1.82) is 0 Å². The molecule has 6 unspecified atom stereocenters. The molecule has 11 rings (SSSR count). The minimum absolute atomic E-state index is 0.104. The zero-order valence-electron chi connectivity index (χ0n) is 29.9. The predicted octanol–water partition coefficient (Wildman–Crippen LogP) is 13.0. The van der Waals surface area contributed by atoms with Crippen LogP contribution in [0.1, 0.15) is 88.5 Å². The summed E-state index contributed by atoms with van der Waals surface area (Å²) in [4.78, 5) is 5.56. The van der Waals surface area contributed by atoms with E-state index in [9.17, 15) is 0 Å². The first-order valence-corrected chi connectivity index (χ1v) is 20.0. The van der Waals surface area contributed by atoms with Crippen LogP contribution in [-0.4, -0.2) is 0 Å². The fourth-order valence-corrected chi connectivity index (χ4v) is 14.1. The van der Waals surface area contributed by atoms with E-state index < -0.39 is 0 Å². The van der Waals surface area contributed by atoms with Crippen molar-refractivity contribution in [2.24, 2.45) is 29.1 Å². The Morgan fingerprint density at radius 2 is 1.32 bits per heavy atom. The first kappa shape index (κ1) is 29.9. The molecule has 1 aliphatic heterocycles. The van der Waals surface area contributed by atoms with Crippen molar-refractivity contribution in [3.63, 3.8) is 0 Å². The summed E-state index contributed by atoms with van der Waals surface area (Å²) in [5.74, 6) is 3.41. The Morgan fingerprint density at radius 3 is 2.10 bits per heavy atom. The minimum atomic E-state index is 0.104. The maximum atomic E-state index is 2.63. The minimum Gasteiger partial charge on any atom is -0.309 e. The number of anilines is 3. The molecule has 0 aromatic heterocycles. The Balaban J connectivity index is 1.13. The van der Waals surface area contributed by atoms with Gasteiger partial charge in [0.2, 0.25) is 0 Å². The summed E-state index contributed by atoms with van der Waals surface area (Å²) < 4.78 is 0. The zero-order chi connectivity index (χ0) is 33.6. The fraction of sp³-hybridized carbons (Fsp3) is 0.375. The summed E-state index contributed by atoms with van der Waals surface area (Å²) in [5, 5.41) is 0. The Hall–Kier alpha value is -3.75. The van der Waals surface area contributed by atoms with Crippen LogP contribution < -0.4 is 4.90 Å². The van der Waals surface area contributed by atoms with Crippen LogP contribution in [0.2, 0.25) is 0 Å². The lowest BCUT2D eigenvalue weighted by atomic mass is 9.26. The Labute approximate surface area is 302 Å². The third-order valence-electron chi connectivity index (χ3n) is 15.0. The van der Waals surface area contributed by atoms with Crippen LogP contribution in [0.15, 0.2) is 125 Å². The van der Waals surface area contributed by atoms with Gasteiger partial charge in [-0.3, -0.25) is 0 Å². The number of hydrogen-bond acceptors (Lipinski definition) is 2. The van der Waals surface area contributed by atoms with E-state index in [4.69, 9.17) is 0 Å². The zero-order valence-corrected chi connectivity index (χ0v) is 30.7. The second kappa shape index (κ2) is 9.97. The first-order valence-electron chi connectivity index (χ1n) is 19.2. The molecule has 4 fully saturated rings. The normalized spacial score (nSPS) is 31.1. The van der Waals surface area contributed by atoms with Crippen molar-refractivity contribution >= 4 is 28.8 Å². The molecule has 250 valence electrons. The number of rotatable bonds is 4. The van der Waals surface area contributed by atoms with E-state index in [2.05, 4.69) is 148 Å². The molecule has 5 aromatic carbocycles. The number of para-hydroxylation sites is 1. The average molecular weight is 670 g/mol. The lowest BCUT2D eigenvalue weighted by Crippen LogP contribution is -2.74. The fourth-order valence-electron chi connectivity index (χ4n) is 12.8. The van der Waals surface area contributed by atoms with Gasteiger partial charge >= 0.3 is 0 Å². The molecule has 5 aliphatic carbocycles. The van der Waals surface area contributed by atoms with Crippen molar-refractivity contribution in [1.82, 2.24) is 0 Å². The largest absolute Gasteiger partial charge is 0.309 e. The molecule has 0 radical (unpaired) electrons. The monoisotopic (exact) mass is 669 g/mol. The van der Waals surface area contributed by atoms with E-state index in [0.29, 0.717) is 5.41 Å². The van der Waals surface area contributed by atoms with Gasteiger partial charge in [0, 0.05) is 26.6 Å². The highest BCUT2D eigenvalue weighted by Gasteiger charge is 2.84. The summed E-state index contributed by atoms with van der Waals surface area (Å²) in [5.41, 5.74) is 13.9. The summed E-state index contributed by atoms with van der Waals surface area (Å²) in [6.07, 6.45) is 8.26. The van der Waals surface area contributed by atoms with Gasteiger partial charge in [-0.25, -0.2) is 0 Å². The molecule has 1 nitrogen and oxygen atoms in total. The van der Waals surface area contributed by atoms with Gasteiger partial charge in [-0.2, -0.15) is 0 Å². The first-order chi connectivity index (χ1) is 24.2. The molecule has 0 amide bonds. The van der Waals surface area contributed by atoms with Gasteiger partial charge in [0.1, 0.15) is 0 Å². The predicted molar refractivity (Wildman–Crippen MR) is 208 cm³/mol. The Bertz CT molecular complexity index is 2200. The molecule has 2 bridgehead atoms. The van der Waals surface area contributed by atoms with Crippen molar-refractivity contribution in [2.45, 2.75) is 92.3 Å². The lowest BCUT2D eigenvalue weighted by Gasteiger charge is -2.78. The van der Waals surface area contributed by atoms with Gasteiger partial charge in [0.25, 0.3) is 0 Å². The Morgan fingerprint density at radius 1 is 0.580 bits per heavy atom. The molecule has 6 aliphatic rings.